The fraction of sp³-hybridized carbons (Fsp3) is 0.368. The van der Waals surface area contributed by atoms with Crippen molar-refractivity contribution in [1.82, 2.24) is 24.5 Å². The van der Waals surface area contributed by atoms with E-state index in [-0.39, 0.29) is 0 Å². The zero-order valence-electron chi connectivity index (χ0n) is 15.2. The van der Waals surface area contributed by atoms with E-state index in [1.54, 1.807) is 12.7 Å². The van der Waals surface area contributed by atoms with Crippen LogP contribution in [-0.4, -0.2) is 44.1 Å². The van der Waals surface area contributed by atoms with E-state index >= 15 is 0 Å². The van der Waals surface area contributed by atoms with Crippen molar-refractivity contribution in [2.45, 2.75) is 12.8 Å². The number of aryl methyl sites for hydroxylation is 1. The first-order chi connectivity index (χ1) is 13.3. The van der Waals surface area contributed by atoms with E-state index in [0.29, 0.717) is 5.92 Å². The van der Waals surface area contributed by atoms with Gasteiger partial charge in [-0.2, -0.15) is 4.98 Å². The van der Waals surface area contributed by atoms with Crippen molar-refractivity contribution in [2.24, 2.45) is 13.0 Å². The molecule has 0 bridgehead atoms. The molecule has 1 saturated heterocycles. The highest BCUT2D eigenvalue weighted by Gasteiger charge is 2.23. The van der Waals surface area contributed by atoms with Crippen LogP contribution in [0.1, 0.15) is 12.8 Å². The summed E-state index contributed by atoms with van der Waals surface area (Å²) in [5, 5.41) is 3.46. The Kier molecular flexibility index (Phi) is 3.88. The van der Waals surface area contributed by atoms with Gasteiger partial charge in [0.1, 0.15) is 17.4 Å². The summed E-state index contributed by atoms with van der Waals surface area (Å²) in [7, 11) is 1.94. The van der Waals surface area contributed by atoms with Crippen molar-refractivity contribution in [3.63, 3.8) is 0 Å². The smallest absolute Gasteiger partial charge is 0.298 e. The van der Waals surface area contributed by atoms with Gasteiger partial charge in [0.2, 0.25) is 0 Å². The molecule has 4 aromatic rings. The molecular weight excluding hydrogens is 342 g/mol. The first kappa shape index (κ1) is 16.0. The van der Waals surface area contributed by atoms with Crippen LogP contribution in [0.3, 0.4) is 0 Å². The summed E-state index contributed by atoms with van der Waals surface area (Å²) in [6, 6.07) is 8.63. The molecule has 1 fully saturated rings. The van der Waals surface area contributed by atoms with Crippen LogP contribution in [0.4, 0.5) is 11.8 Å². The van der Waals surface area contributed by atoms with Gasteiger partial charge in [-0.3, -0.25) is 0 Å². The molecule has 0 unspecified atom stereocenters. The number of nitrogens with one attached hydrogen (secondary N) is 1. The quantitative estimate of drug-likeness (QED) is 0.597. The molecule has 1 aliphatic rings. The number of anilines is 2. The minimum Gasteiger partial charge on any atom is -0.423 e. The number of aromatic nitrogens is 5. The predicted octanol–water partition coefficient (Wildman–Crippen LogP) is 2.83. The zero-order chi connectivity index (χ0) is 18.2. The highest BCUT2D eigenvalue weighted by atomic mass is 16.4. The molecule has 0 radical (unpaired) electrons. The molecule has 8 nitrogen and oxygen atoms in total. The molecule has 3 aromatic heterocycles. The van der Waals surface area contributed by atoms with Crippen LogP contribution in [0, 0.1) is 5.92 Å². The number of benzene rings is 1. The van der Waals surface area contributed by atoms with Crippen LogP contribution in [0.15, 0.2) is 41.3 Å². The second-order valence-corrected chi connectivity index (χ2v) is 7.03. The van der Waals surface area contributed by atoms with Crippen molar-refractivity contribution in [3.8, 4) is 0 Å². The zero-order valence-corrected chi connectivity index (χ0v) is 15.2. The summed E-state index contributed by atoms with van der Waals surface area (Å²) in [4.78, 5) is 19.9. The summed E-state index contributed by atoms with van der Waals surface area (Å²) in [5.74, 6) is 1.39. The van der Waals surface area contributed by atoms with Gasteiger partial charge in [-0.15, -0.1) is 0 Å². The number of para-hydroxylation sites is 2. The van der Waals surface area contributed by atoms with E-state index in [4.69, 9.17) is 4.42 Å². The fourth-order valence-corrected chi connectivity index (χ4v) is 3.64. The summed E-state index contributed by atoms with van der Waals surface area (Å²) in [5.41, 5.74) is 3.43. The molecule has 8 heteroatoms. The van der Waals surface area contributed by atoms with Crippen molar-refractivity contribution >= 4 is 34.1 Å². The molecule has 1 N–H and O–H groups in total. The van der Waals surface area contributed by atoms with Gasteiger partial charge in [0.15, 0.2) is 17.0 Å². The molecule has 0 aliphatic carbocycles. The maximum absolute atomic E-state index is 5.89. The van der Waals surface area contributed by atoms with E-state index < -0.39 is 0 Å². The summed E-state index contributed by atoms with van der Waals surface area (Å²) in [6.45, 7) is 2.77. The largest absolute Gasteiger partial charge is 0.423 e. The molecule has 27 heavy (non-hydrogen) atoms. The number of imidazole rings is 1. The number of rotatable bonds is 4. The van der Waals surface area contributed by atoms with Crippen LogP contribution in [-0.2, 0) is 7.05 Å². The van der Waals surface area contributed by atoms with Gasteiger partial charge < -0.3 is 19.2 Å². The van der Waals surface area contributed by atoms with E-state index in [9.17, 15) is 0 Å². The maximum Gasteiger partial charge on any atom is 0.298 e. The van der Waals surface area contributed by atoms with Gasteiger partial charge in [-0.05, 0) is 30.9 Å². The molecule has 1 aliphatic heterocycles. The molecule has 5 rings (SSSR count). The van der Waals surface area contributed by atoms with Crippen LogP contribution in [0.5, 0.6) is 0 Å². The van der Waals surface area contributed by atoms with Crippen LogP contribution < -0.4 is 10.2 Å². The van der Waals surface area contributed by atoms with Gasteiger partial charge in [0.25, 0.3) is 6.01 Å². The van der Waals surface area contributed by atoms with Gasteiger partial charge in [-0.25, -0.2) is 15.0 Å². The Hall–Kier alpha value is -3.16. The predicted molar refractivity (Wildman–Crippen MR) is 104 cm³/mol. The lowest BCUT2D eigenvalue weighted by molar-refractivity contribution is 0.405. The van der Waals surface area contributed by atoms with Crippen molar-refractivity contribution in [2.75, 3.05) is 29.9 Å². The van der Waals surface area contributed by atoms with Gasteiger partial charge in [0.05, 0.1) is 6.33 Å². The molecule has 1 aromatic carbocycles. The SMILES string of the molecule is Cn1cnc2c(NCC3CCN(c4nc5ccccc5o4)CC3)ncnc21. The lowest BCUT2D eigenvalue weighted by Gasteiger charge is -2.30. The highest BCUT2D eigenvalue weighted by Crippen LogP contribution is 2.26. The second kappa shape index (κ2) is 6.53. The first-order valence-electron chi connectivity index (χ1n) is 9.24. The van der Waals surface area contributed by atoms with Crippen molar-refractivity contribution in [3.05, 3.63) is 36.9 Å². The first-order valence-corrected chi connectivity index (χ1v) is 9.24. The van der Waals surface area contributed by atoms with E-state index in [2.05, 4.69) is 30.2 Å². The fourth-order valence-electron chi connectivity index (χ4n) is 3.64. The Morgan fingerprint density at radius 2 is 2.00 bits per heavy atom. The number of nitrogens with zero attached hydrogens (tertiary/aromatic N) is 6. The Bertz CT molecular complexity index is 1040. The maximum atomic E-state index is 5.89. The molecule has 0 spiro atoms. The average Bonchev–Trinajstić information content (AvgIpc) is 3.31. The Morgan fingerprint density at radius 1 is 1.15 bits per heavy atom. The number of hydrogen-bond acceptors (Lipinski definition) is 7. The summed E-state index contributed by atoms with van der Waals surface area (Å²) in [6.07, 6.45) is 5.52. The van der Waals surface area contributed by atoms with Crippen molar-refractivity contribution < 1.29 is 4.42 Å². The lowest BCUT2D eigenvalue weighted by Crippen LogP contribution is -2.36. The standard InChI is InChI=1S/C19H21N7O/c1-25-12-23-16-17(21-11-22-18(16)25)20-10-13-6-8-26(9-7-13)19-24-14-4-2-3-5-15(14)27-19/h2-5,11-13H,6-10H2,1H3,(H,20,21,22). The highest BCUT2D eigenvalue weighted by molar-refractivity contribution is 5.82. The molecule has 0 atom stereocenters. The third-order valence-electron chi connectivity index (χ3n) is 5.22. The third-order valence-corrected chi connectivity index (χ3v) is 5.22. The Labute approximate surface area is 156 Å². The summed E-state index contributed by atoms with van der Waals surface area (Å²) < 4.78 is 7.80. The number of hydrogen-bond donors (Lipinski definition) is 1. The van der Waals surface area contributed by atoms with Crippen LogP contribution in [0.2, 0.25) is 0 Å². The molecule has 4 heterocycles. The lowest BCUT2D eigenvalue weighted by atomic mass is 9.97. The minimum atomic E-state index is 0.583. The second-order valence-electron chi connectivity index (χ2n) is 7.03. The molecule has 0 saturated carbocycles. The monoisotopic (exact) mass is 363 g/mol. The number of oxazole rings is 1. The molecule has 138 valence electrons. The topological polar surface area (TPSA) is 84.9 Å². The van der Waals surface area contributed by atoms with Gasteiger partial charge >= 0.3 is 0 Å². The Morgan fingerprint density at radius 3 is 2.85 bits per heavy atom. The van der Waals surface area contributed by atoms with E-state index in [1.807, 2.05) is 35.9 Å². The van der Waals surface area contributed by atoms with Gasteiger partial charge in [-0.1, -0.05) is 12.1 Å². The van der Waals surface area contributed by atoms with E-state index in [1.165, 1.54) is 0 Å². The van der Waals surface area contributed by atoms with Crippen LogP contribution >= 0.6 is 0 Å². The van der Waals surface area contributed by atoms with Gasteiger partial charge in [0, 0.05) is 26.7 Å². The van der Waals surface area contributed by atoms with Crippen LogP contribution in [0.25, 0.3) is 22.3 Å². The molecule has 0 amide bonds. The number of piperidine rings is 1. The average molecular weight is 363 g/mol. The normalized spacial score (nSPS) is 15.7. The number of fused-ring (bicyclic) bond motifs is 2. The minimum absolute atomic E-state index is 0.583. The van der Waals surface area contributed by atoms with Crippen molar-refractivity contribution in [1.29, 1.82) is 0 Å². The Balaban J connectivity index is 1.22. The van der Waals surface area contributed by atoms with E-state index in [0.717, 1.165) is 66.6 Å². The molecular formula is C19H21N7O. The summed E-state index contributed by atoms with van der Waals surface area (Å²) >= 11 is 0. The third kappa shape index (κ3) is 2.97.